The third kappa shape index (κ3) is 3.77. The number of aromatic nitrogens is 2. The van der Waals surface area contributed by atoms with Crippen LogP contribution in [0.5, 0.6) is 0 Å². The first-order valence-electron chi connectivity index (χ1n) is 7.04. The summed E-state index contributed by atoms with van der Waals surface area (Å²) in [7, 11) is 0. The molecule has 2 heterocycles. The van der Waals surface area contributed by atoms with Crippen LogP contribution >= 0.6 is 11.3 Å². The van der Waals surface area contributed by atoms with Gasteiger partial charge in [-0.25, -0.2) is 4.98 Å². The molecule has 5 heteroatoms. The number of pyridine rings is 1. The summed E-state index contributed by atoms with van der Waals surface area (Å²) < 4.78 is 0. The van der Waals surface area contributed by atoms with E-state index in [1.807, 2.05) is 18.6 Å². The summed E-state index contributed by atoms with van der Waals surface area (Å²) in [5.74, 6) is 0. The van der Waals surface area contributed by atoms with Crippen molar-refractivity contribution in [1.29, 1.82) is 0 Å². The Morgan fingerprint density at radius 2 is 2.00 bits per heavy atom. The zero-order chi connectivity index (χ0) is 14.4. The lowest BCUT2D eigenvalue weighted by Gasteiger charge is -2.16. The molecule has 1 N–H and O–H groups in total. The summed E-state index contributed by atoms with van der Waals surface area (Å²) in [5, 5.41) is 4.59. The molecule has 0 unspecified atom stereocenters. The second-order valence-corrected chi connectivity index (χ2v) is 5.78. The molecular formula is C15H22N4S. The summed E-state index contributed by atoms with van der Waals surface area (Å²) in [6, 6.07) is 2.07. The van der Waals surface area contributed by atoms with Gasteiger partial charge in [0.25, 0.3) is 0 Å². The lowest BCUT2D eigenvalue weighted by Crippen LogP contribution is -2.21. The van der Waals surface area contributed by atoms with Gasteiger partial charge in [-0.05, 0) is 38.0 Å². The van der Waals surface area contributed by atoms with Crippen LogP contribution in [0, 0.1) is 6.92 Å². The Bertz CT molecular complexity index is 534. The molecule has 20 heavy (non-hydrogen) atoms. The highest BCUT2D eigenvalue weighted by atomic mass is 32.1. The first kappa shape index (κ1) is 14.9. The van der Waals surface area contributed by atoms with Crippen LogP contribution in [0.15, 0.2) is 24.7 Å². The third-order valence-electron chi connectivity index (χ3n) is 3.33. The van der Waals surface area contributed by atoms with Crippen LogP contribution in [0.25, 0.3) is 0 Å². The highest BCUT2D eigenvalue weighted by Crippen LogP contribution is 2.22. The highest BCUT2D eigenvalue weighted by Gasteiger charge is 2.07. The van der Waals surface area contributed by atoms with Crippen molar-refractivity contribution in [3.63, 3.8) is 0 Å². The average molecular weight is 290 g/mol. The van der Waals surface area contributed by atoms with Crippen LogP contribution in [-0.2, 0) is 13.1 Å². The Labute approximate surface area is 124 Å². The number of nitrogens with zero attached hydrogens (tertiary/aromatic N) is 3. The van der Waals surface area contributed by atoms with E-state index in [9.17, 15) is 0 Å². The molecule has 108 valence electrons. The maximum absolute atomic E-state index is 4.50. The molecule has 2 rings (SSSR count). The van der Waals surface area contributed by atoms with E-state index in [1.54, 1.807) is 11.3 Å². The topological polar surface area (TPSA) is 41.1 Å². The molecule has 0 aromatic carbocycles. The van der Waals surface area contributed by atoms with Gasteiger partial charge in [-0.1, -0.05) is 0 Å². The normalized spacial score (nSPS) is 10.8. The Kier molecular flexibility index (Phi) is 5.49. The van der Waals surface area contributed by atoms with Crippen LogP contribution in [-0.4, -0.2) is 23.1 Å². The molecule has 0 radical (unpaired) electrons. The van der Waals surface area contributed by atoms with Gasteiger partial charge in [0.1, 0.15) is 0 Å². The molecule has 0 aliphatic rings. The predicted molar refractivity (Wildman–Crippen MR) is 85.2 cm³/mol. The summed E-state index contributed by atoms with van der Waals surface area (Å²) in [6.45, 7) is 10.2. The van der Waals surface area contributed by atoms with Gasteiger partial charge in [0.2, 0.25) is 0 Å². The van der Waals surface area contributed by atoms with Gasteiger partial charge in [0.05, 0.1) is 0 Å². The molecule has 0 amide bonds. The molecule has 0 atom stereocenters. The average Bonchev–Trinajstić information content (AvgIpc) is 2.91. The Balaban J connectivity index is 1.87. The van der Waals surface area contributed by atoms with Crippen molar-refractivity contribution >= 4 is 16.5 Å². The summed E-state index contributed by atoms with van der Waals surface area (Å²) in [5.41, 5.74) is 2.53. The quantitative estimate of drug-likeness (QED) is 0.851. The number of hydrogen-bond donors (Lipinski definition) is 1. The number of hydrogen-bond acceptors (Lipinski definition) is 5. The number of aryl methyl sites for hydroxylation is 1. The fourth-order valence-electron chi connectivity index (χ4n) is 2.04. The van der Waals surface area contributed by atoms with E-state index >= 15 is 0 Å². The minimum Gasteiger partial charge on any atom is -0.349 e. The lowest BCUT2D eigenvalue weighted by atomic mass is 10.1. The predicted octanol–water partition coefficient (Wildman–Crippen LogP) is 2.98. The van der Waals surface area contributed by atoms with Crippen LogP contribution in [0.4, 0.5) is 5.13 Å². The van der Waals surface area contributed by atoms with E-state index in [0.717, 1.165) is 31.3 Å². The molecule has 0 saturated carbocycles. The maximum Gasteiger partial charge on any atom is 0.185 e. The van der Waals surface area contributed by atoms with Gasteiger partial charge in [-0.2, -0.15) is 0 Å². The number of rotatable bonds is 7. The molecule has 2 aromatic heterocycles. The number of thiazole rings is 1. The van der Waals surface area contributed by atoms with E-state index in [2.05, 4.69) is 47.0 Å². The fourth-order valence-corrected chi connectivity index (χ4v) is 3.05. The van der Waals surface area contributed by atoms with Crippen LogP contribution in [0.2, 0.25) is 0 Å². The van der Waals surface area contributed by atoms with Crippen molar-refractivity contribution in [2.75, 3.05) is 18.0 Å². The molecule has 0 aliphatic carbocycles. The zero-order valence-electron chi connectivity index (χ0n) is 12.4. The Morgan fingerprint density at radius 1 is 1.20 bits per heavy atom. The molecule has 0 fully saturated rings. The van der Waals surface area contributed by atoms with Crippen molar-refractivity contribution in [2.45, 2.75) is 33.9 Å². The molecule has 0 saturated heterocycles. The molecule has 0 spiro atoms. The van der Waals surface area contributed by atoms with Crippen LogP contribution in [0.1, 0.15) is 29.9 Å². The first-order valence-corrected chi connectivity index (χ1v) is 7.86. The largest absolute Gasteiger partial charge is 0.349 e. The lowest BCUT2D eigenvalue weighted by molar-refractivity contribution is 0.696. The first-order chi connectivity index (χ1) is 9.74. The SMILES string of the molecule is CCN(CC)c1ncc(CNCc2ccncc2C)s1. The van der Waals surface area contributed by atoms with E-state index in [-0.39, 0.29) is 0 Å². The monoisotopic (exact) mass is 290 g/mol. The van der Waals surface area contributed by atoms with Gasteiger partial charge in [-0.3, -0.25) is 4.98 Å². The molecule has 2 aromatic rings. The smallest absolute Gasteiger partial charge is 0.185 e. The number of anilines is 1. The summed E-state index contributed by atoms with van der Waals surface area (Å²) in [6.07, 6.45) is 5.72. The van der Waals surface area contributed by atoms with Gasteiger partial charge in [0, 0.05) is 49.6 Å². The van der Waals surface area contributed by atoms with Crippen molar-refractivity contribution in [3.8, 4) is 0 Å². The van der Waals surface area contributed by atoms with Gasteiger partial charge >= 0.3 is 0 Å². The third-order valence-corrected chi connectivity index (χ3v) is 4.38. The standard InChI is InChI=1S/C15H22N4S/c1-4-19(5-2)15-18-11-14(20-15)10-17-9-13-6-7-16-8-12(13)3/h6-8,11,17H,4-5,9-10H2,1-3H3. The maximum atomic E-state index is 4.50. The van der Waals surface area contributed by atoms with Gasteiger partial charge in [-0.15, -0.1) is 11.3 Å². The van der Waals surface area contributed by atoms with Crippen molar-refractivity contribution in [2.24, 2.45) is 0 Å². The number of nitrogens with one attached hydrogen (secondary N) is 1. The van der Waals surface area contributed by atoms with Crippen molar-refractivity contribution in [3.05, 3.63) is 40.7 Å². The van der Waals surface area contributed by atoms with Crippen LogP contribution < -0.4 is 10.2 Å². The zero-order valence-corrected chi connectivity index (χ0v) is 13.2. The minimum absolute atomic E-state index is 0.862. The minimum atomic E-state index is 0.862. The Hall–Kier alpha value is -1.46. The molecular weight excluding hydrogens is 268 g/mol. The fraction of sp³-hybridized carbons (Fsp3) is 0.467. The van der Waals surface area contributed by atoms with E-state index in [4.69, 9.17) is 0 Å². The summed E-state index contributed by atoms with van der Waals surface area (Å²) in [4.78, 5) is 12.2. The second kappa shape index (κ2) is 7.36. The van der Waals surface area contributed by atoms with Crippen molar-refractivity contribution in [1.82, 2.24) is 15.3 Å². The van der Waals surface area contributed by atoms with Gasteiger partial charge in [0.15, 0.2) is 5.13 Å². The van der Waals surface area contributed by atoms with E-state index in [1.165, 1.54) is 16.0 Å². The molecule has 4 nitrogen and oxygen atoms in total. The second-order valence-electron chi connectivity index (χ2n) is 4.69. The Morgan fingerprint density at radius 3 is 2.70 bits per heavy atom. The van der Waals surface area contributed by atoms with E-state index < -0.39 is 0 Å². The van der Waals surface area contributed by atoms with Crippen LogP contribution in [0.3, 0.4) is 0 Å². The molecule has 0 aliphatic heterocycles. The van der Waals surface area contributed by atoms with Gasteiger partial charge < -0.3 is 10.2 Å². The molecule has 0 bridgehead atoms. The summed E-state index contributed by atoms with van der Waals surface area (Å²) >= 11 is 1.77. The van der Waals surface area contributed by atoms with Crippen molar-refractivity contribution < 1.29 is 0 Å². The van der Waals surface area contributed by atoms with E-state index in [0.29, 0.717) is 0 Å². The highest BCUT2D eigenvalue weighted by molar-refractivity contribution is 7.15.